The molecule has 0 fully saturated rings. The number of nitrogens with one attached hydrogen (secondary N) is 1. The van der Waals surface area contributed by atoms with Crippen LogP contribution in [0, 0.1) is 5.82 Å². The van der Waals surface area contributed by atoms with E-state index in [9.17, 15) is 9.18 Å². The Morgan fingerprint density at radius 2 is 2.18 bits per heavy atom. The topological polar surface area (TPSA) is 71.8 Å². The third-order valence-electron chi connectivity index (χ3n) is 2.29. The second-order valence-electron chi connectivity index (χ2n) is 3.63. The molecule has 4 nitrogen and oxygen atoms in total. The number of aromatic nitrogens is 2. The highest BCUT2D eigenvalue weighted by atomic mass is 19.1. The molecule has 0 saturated heterocycles. The van der Waals surface area contributed by atoms with Crippen LogP contribution < -0.4 is 11.3 Å². The monoisotopic (exact) mass is 233 g/mol. The van der Waals surface area contributed by atoms with Crippen molar-refractivity contribution in [3.05, 3.63) is 52.2 Å². The maximum absolute atomic E-state index is 13.1. The maximum atomic E-state index is 13.1. The van der Waals surface area contributed by atoms with Gasteiger partial charge in [-0.3, -0.25) is 4.79 Å². The number of H-pyrrole nitrogens is 1. The molecular formula is C12H12FN3O. The molecule has 0 unspecified atom stereocenters. The summed E-state index contributed by atoms with van der Waals surface area (Å²) in [6, 6.07) is 7.32. The summed E-state index contributed by atoms with van der Waals surface area (Å²) < 4.78 is 13.1. The smallest absolute Gasteiger partial charge is 0.251 e. The molecule has 0 aliphatic carbocycles. The van der Waals surface area contributed by atoms with Crippen molar-refractivity contribution in [1.29, 1.82) is 0 Å². The van der Waals surface area contributed by atoms with Crippen LogP contribution in [0.25, 0.3) is 11.4 Å². The molecule has 1 heterocycles. The number of hydrogen-bond acceptors (Lipinski definition) is 3. The van der Waals surface area contributed by atoms with Crippen LogP contribution in [0.15, 0.2) is 35.1 Å². The van der Waals surface area contributed by atoms with E-state index in [-0.39, 0.29) is 11.4 Å². The van der Waals surface area contributed by atoms with Crippen LogP contribution in [0.2, 0.25) is 0 Å². The first-order chi connectivity index (χ1) is 8.19. The van der Waals surface area contributed by atoms with Crippen molar-refractivity contribution in [2.24, 2.45) is 5.73 Å². The third-order valence-corrected chi connectivity index (χ3v) is 2.29. The van der Waals surface area contributed by atoms with Crippen LogP contribution >= 0.6 is 0 Å². The Morgan fingerprint density at radius 3 is 2.88 bits per heavy atom. The van der Waals surface area contributed by atoms with Gasteiger partial charge in [0, 0.05) is 23.7 Å². The van der Waals surface area contributed by atoms with Gasteiger partial charge in [-0.1, -0.05) is 12.1 Å². The minimum atomic E-state index is -0.366. The van der Waals surface area contributed by atoms with Gasteiger partial charge in [-0.05, 0) is 18.7 Å². The van der Waals surface area contributed by atoms with Gasteiger partial charge in [-0.25, -0.2) is 9.37 Å². The maximum Gasteiger partial charge on any atom is 0.251 e. The second-order valence-corrected chi connectivity index (χ2v) is 3.63. The fourth-order valence-electron chi connectivity index (χ4n) is 1.56. The van der Waals surface area contributed by atoms with Gasteiger partial charge in [0.1, 0.15) is 11.6 Å². The van der Waals surface area contributed by atoms with Crippen molar-refractivity contribution in [1.82, 2.24) is 9.97 Å². The quantitative estimate of drug-likeness (QED) is 0.833. The van der Waals surface area contributed by atoms with E-state index in [2.05, 4.69) is 9.97 Å². The van der Waals surface area contributed by atoms with Crippen molar-refractivity contribution in [2.45, 2.75) is 6.42 Å². The summed E-state index contributed by atoms with van der Waals surface area (Å²) in [4.78, 5) is 18.2. The molecule has 0 spiro atoms. The van der Waals surface area contributed by atoms with Gasteiger partial charge < -0.3 is 10.7 Å². The highest BCUT2D eigenvalue weighted by Gasteiger charge is 2.04. The number of nitrogens with zero attached hydrogens (tertiary/aromatic N) is 1. The van der Waals surface area contributed by atoms with Crippen LogP contribution in [0.1, 0.15) is 5.69 Å². The Labute approximate surface area is 97.3 Å². The predicted octanol–water partition coefficient (Wildman–Crippen LogP) is 1.08. The normalized spacial score (nSPS) is 10.5. The lowest BCUT2D eigenvalue weighted by Gasteiger charge is -2.03. The molecule has 0 amide bonds. The lowest BCUT2D eigenvalue weighted by Crippen LogP contribution is -2.13. The van der Waals surface area contributed by atoms with Crippen molar-refractivity contribution in [3.8, 4) is 11.4 Å². The summed E-state index contributed by atoms with van der Waals surface area (Å²) in [6.07, 6.45) is 0.520. The molecule has 0 atom stereocenters. The second kappa shape index (κ2) is 4.88. The molecular weight excluding hydrogens is 221 g/mol. The molecule has 0 bridgehead atoms. The molecule has 3 N–H and O–H groups in total. The zero-order chi connectivity index (χ0) is 12.3. The van der Waals surface area contributed by atoms with E-state index in [4.69, 9.17) is 5.73 Å². The van der Waals surface area contributed by atoms with Gasteiger partial charge in [0.2, 0.25) is 0 Å². The lowest BCUT2D eigenvalue weighted by molar-refractivity contribution is 0.628. The average molecular weight is 233 g/mol. The fourth-order valence-corrected chi connectivity index (χ4v) is 1.56. The molecule has 0 radical (unpaired) electrons. The van der Waals surface area contributed by atoms with Gasteiger partial charge in [-0.2, -0.15) is 0 Å². The van der Waals surface area contributed by atoms with E-state index in [1.165, 1.54) is 18.2 Å². The first-order valence-electron chi connectivity index (χ1n) is 5.25. The molecule has 0 saturated carbocycles. The lowest BCUT2D eigenvalue weighted by atomic mass is 10.2. The molecule has 0 aliphatic rings. The fraction of sp³-hybridized carbons (Fsp3) is 0.167. The molecule has 1 aromatic carbocycles. The van der Waals surface area contributed by atoms with Gasteiger partial charge in [0.05, 0.1) is 0 Å². The Balaban J connectivity index is 2.48. The summed E-state index contributed by atoms with van der Waals surface area (Å²) in [7, 11) is 0. The first-order valence-corrected chi connectivity index (χ1v) is 5.25. The van der Waals surface area contributed by atoms with Gasteiger partial charge in [-0.15, -0.1) is 0 Å². The Morgan fingerprint density at radius 1 is 1.35 bits per heavy atom. The summed E-state index contributed by atoms with van der Waals surface area (Å²) >= 11 is 0. The zero-order valence-electron chi connectivity index (χ0n) is 9.11. The van der Waals surface area contributed by atoms with Crippen molar-refractivity contribution in [2.75, 3.05) is 6.54 Å². The van der Waals surface area contributed by atoms with Crippen molar-refractivity contribution in [3.63, 3.8) is 0 Å². The first kappa shape index (κ1) is 11.5. The SMILES string of the molecule is NCCc1cc(=O)[nH]c(-c2cccc(F)c2)n1. The largest absolute Gasteiger partial charge is 0.330 e. The Hall–Kier alpha value is -2.01. The van der Waals surface area contributed by atoms with Crippen LogP contribution in [0.4, 0.5) is 4.39 Å². The molecule has 88 valence electrons. The Bertz CT molecular complexity index is 580. The summed E-state index contributed by atoms with van der Waals surface area (Å²) in [5.41, 5.74) is 6.30. The standard InChI is InChI=1S/C12H12FN3O/c13-9-3-1-2-8(6-9)12-15-10(4-5-14)7-11(17)16-12/h1-3,6-7H,4-5,14H2,(H,15,16,17). The van der Waals surface area contributed by atoms with E-state index in [0.717, 1.165) is 0 Å². The molecule has 1 aromatic heterocycles. The number of hydrogen-bond donors (Lipinski definition) is 2. The highest BCUT2D eigenvalue weighted by Crippen LogP contribution is 2.14. The van der Waals surface area contributed by atoms with E-state index >= 15 is 0 Å². The molecule has 17 heavy (non-hydrogen) atoms. The van der Waals surface area contributed by atoms with Gasteiger partial charge in [0.15, 0.2) is 0 Å². The van der Waals surface area contributed by atoms with Gasteiger partial charge >= 0.3 is 0 Å². The van der Waals surface area contributed by atoms with E-state index in [0.29, 0.717) is 30.0 Å². The zero-order valence-corrected chi connectivity index (χ0v) is 9.11. The summed E-state index contributed by atoms with van der Waals surface area (Å²) in [5.74, 6) is -0.00479. The molecule has 2 aromatic rings. The highest BCUT2D eigenvalue weighted by molar-refractivity contribution is 5.54. The van der Waals surface area contributed by atoms with E-state index in [1.807, 2.05) is 0 Å². The van der Waals surface area contributed by atoms with Crippen molar-refractivity contribution < 1.29 is 4.39 Å². The number of aromatic amines is 1. The molecule has 5 heteroatoms. The van der Waals surface area contributed by atoms with Crippen LogP contribution in [0.5, 0.6) is 0 Å². The van der Waals surface area contributed by atoms with Crippen LogP contribution in [0.3, 0.4) is 0 Å². The van der Waals surface area contributed by atoms with Crippen molar-refractivity contribution >= 4 is 0 Å². The van der Waals surface area contributed by atoms with E-state index < -0.39 is 0 Å². The average Bonchev–Trinajstić information content (AvgIpc) is 2.28. The number of halogens is 1. The predicted molar refractivity (Wildman–Crippen MR) is 63.0 cm³/mol. The minimum absolute atomic E-state index is 0.261. The number of nitrogens with two attached hydrogens (primary N) is 1. The molecule has 0 aliphatic heterocycles. The molecule has 2 rings (SSSR count). The van der Waals surface area contributed by atoms with Gasteiger partial charge in [0.25, 0.3) is 5.56 Å². The number of rotatable bonds is 3. The summed E-state index contributed by atoms with van der Waals surface area (Å²) in [6.45, 7) is 0.416. The minimum Gasteiger partial charge on any atom is -0.330 e. The summed E-state index contributed by atoms with van der Waals surface area (Å²) in [5, 5.41) is 0. The van der Waals surface area contributed by atoms with Crippen LogP contribution in [-0.2, 0) is 6.42 Å². The Kier molecular flexibility index (Phi) is 3.30. The van der Waals surface area contributed by atoms with E-state index in [1.54, 1.807) is 12.1 Å². The number of benzene rings is 1. The van der Waals surface area contributed by atoms with Crippen LogP contribution in [-0.4, -0.2) is 16.5 Å². The third kappa shape index (κ3) is 2.76.